The zero-order valence-electron chi connectivity index (χ0n) is 14.7. The monoisotopic (exact) mass is 385 g/mol. The molecule has 0 aliphatic heterocycles. The Morgan fingerprint density at radius 1 is 0.893 bits per heavy atom. The minimum absolute atomic E-state index is 0.0000476. The molecule has 0 spiro atoms. The molecular formula is C18H19N5O5. The van der Waals surface area contributed by atoms with E-state index in [0.29, 0.717) is 24.1 Å². The first-order chi connectivity index (χ1) is 13.3. The van der Waals surface area contributed by atoms with E-state index in [0.717, 1.165) is 0 Å². The molecule has 1 fully saturated rings. The maximum absolute atomic E-state index is 12.3. The number of rotatable bonds is 6. The first-order valence-electron chi connectivity index (χ1n) is 8.49. The fraction of sp³-hybridized carbons (Fsp3) is 0.222. The van der Waals surface area contributed by atoms with E-state index < -0.39 is 17.8 Å². The molecule has 10 nitrogen and oxygen atoms in total. The summed E-state index contributed by atoms with van der Waals surface area (Å²) in [5.41, 5.74) is 10.9. The van der Waals surface area contributed by atoms with Crippen molar-refractivity contribution in [1.29, 1.82) is 0 Å². The molecule has 0 unspecified atom stereocenters. The summed E-state index contributed by atoms with van der Waals surface area (Å²) in [5.74, 6) is -1.58. The Kier molecular flexibility index (Phi) is 5.30. The van der Waals surface area contributed by atoms with Crippen LogP contribution >= 0.6 is 0 Å². The summed E-state index contributed by atoms with van der Waals surface area (Å²) in [5, 5.41) is 8.03. The van der Waals surface area contributed by atoms with Crippen LogP contribution in [0, 0.1) is 0 Å². The van der Waals surface area contributed by atoms with Gasteiger partial charge in [0.2, 0.25) is 0 Å². The molecule has 28 heavy (non-hydrogen) atoms. The van der Waals surface area contributed by atoms with E-state index in [1.807, 2.05) is 0 Å². The van der Waals surface area contributed by atoms with Crippen LogP contribution < -0.4 is 27.4 Å². The van der Waals surface area contributed by atoms with Crippen LogP contribution in [0.15, 0.2) is 40.8 Å². The molecule has 1 aromatic heterocycles. The Bertz CT molecular complexity index is 932. The van der Waals surface area contributed by atoms with Gasteiger partial charge in [-0.15, -0.1) is 0 Å². The SMILES string of the molecule is NC(=O)Nc1cccc(C(=O)NC2CC(NC(=O)c3ccc(C(N)=O)o3)C2)c1. The van der Waals surface area contributed by atoms with E-state index in [9.17, 15) is 19.2 Å². The van der Waals surface area contributed by atoms with Crippen LogP contribution in [0.4, 0.5) is 10.5 Å². The molecule has 1 aliphatic rings. The van der Waals surface area contributed by atoms with Gasteiger partial charge in [0.15, 0.2) is 11.5 Å². The zero-order valence-corrected chi connectivity index (χ0v) is 14.7. The number of urea groups is 1. The van der Waals surface area contributed by atoms with E-state index in [-0.39, 0.29) is 29.5 Å². The van der Waals surface area contributed by atoms with Crippen LogP contribution in [-0.2, 0) is 0 Å². The maximum Gasteiger partial charge on any atom is 0.316 e. The Morgan fingerprint density at radius 3 is 2.14 bits per heavy atom. The topological polar surface area (TPSA) is 170 Å². The molecule has 1 aromatic carbocycles. The van der Waals surface area contributed by atoms with Gasteiger partial charge < -0.3 is 31.8 Å². The lowest BCUT2D eigenvalue weighted by Crippen LogP contribution is -2.53. The fourth-order valence-electron chi connectivity index (χ4n) is 2.85. The molecular weight excluding hydrogens is 366 g/mol. The highest BCUT2D eigenvalue weighted by Crippen LogP contribution is 2.22. The Balaban J connectivity index is 1.47. The molecule has 0 atom stereocenters. The molecule has 0 saturated heterocycles. The van der Waals surface area contributed by atoms with Gasteiger partial charge in [-0.2, -0.15) is 0 Å². The number of hydrogen-bond acceptors (Lipinski definition) is 5. The van der Waals surface area contributed by atoms with E-state index in [2.05, 4.69) is 16.0 Å². The van der Waals surface area contributed by atoms with Crippen LogP contribution in [0.25, 0.3) is 0 Å². The lowest BCUT2D eigenvalue weighted by atomic mass is 9.86. The van der Waals surface area contributed by atoms with E-state index in [1.165, 1.54) is 18.2 Å². The van der Waals surface area contributed by atoms with Crippen LogP contribution in [-0.4, -0.2) is 35.8 Å². The van der Waals surface area contributed by atoms with Crippen molar-refractivity contribution < 1.29 is 23.6 Å². The second-order valence-corrected chi connectivity index (χ2v) is 6.41. The molecule has 0 radical (unpaired) electrons. The highest BCUT2D eigenvalue weighted by atomic mass is 16.4. The minimum atomic E-state index is -0.749. The summed E-state index contributed by atoms with van der Waals surface area (Å²) in [6.45, 7) is 0. The molecule has 2 aromatic rings. The lowest BCUT2D eigenvalue weighted by Gasteiger charge is -2.36. The van der Waals surface area contributed by atoms with Crippen LogP contribution in [0.1, 0.15) is 44.3 Å². The molecule has 1 aliphatic carbocycles. The number of anilines is 1. The Morgan fingerprint density at radius 2 is 1.54 bits per heavy atom. The van der Waals surface area contributed by atoms with Gasteiger partial charge in [0.25, 0.3) is 17.7 Å². The van der Waals surface area contributed by atoms with Crippen molar-refractivity contribution in [3.8, 4) is 0 Å². The van der Waals surface area contributed by atoms with Crippen molar-refractivity contribution in [1.82, 2.24) is 10.6 Å². The summed E-state index contributed by atoms with van der Waals surface area (Å²) in [6, 6.07) is 8.17. The molecule has 10 heteroatoms. The van der Waals surface area contributed by atoms with Crippen molar-refractivity contribution in [3.63, 3.8) is 0 Å². The molecule has 1 heterocycles. The Labute approximate surface area is 159 Å². The second kappa shape index (κ2) is 7.82. The molecule has 1 saturated carbocycles. The number of nitrogens with two attached hydrogens (primary N) is 2. The highest BCUT2D eigenvalue weighted by Gasteiger charge is 2.32. The lowest BCUT2D eigenvalue weighted by molar-refractivity contribution is 0.0843. The number of carbonyl (C=O) groups excluding carboxylic acids is 4. The predicted molar refractivity (Wildman–Crippen MR) is 98.6 cm³/mol. The third-order valence-electron chi connectivity index (χ3n) is 4.27. The van der Waals surface area contributed by atoms with Gasteiger partial charge >= 0.3 is 6.03 Å². The summed E-state index contributed by atoms with van der Waals surface area (Å²) in [6.07, 6.45) is 1.11. The van der Waals surface area contributed by atoms with Gasteiger partial charge in [0.05, 0.1) is 0 Å². The largest absolute Gasteiger partial charge is 0.446 e. The van der Waals surface area contributed by atoms with Crippen molar-refractivity contribution in [2.75, 3.05) is 5.32 Å². The van der Waals surface area contributed by atoms with Gasteiger partial charge in [0.1, 0.15) is 0 Å². The summed E-state index contributed by atoms with van der Waals surface area (Å²) in [4.78, 5) is 46.3. The fourth-order valence-corrected chi connectivity index (χ4v) is 2.85. The van der Waals surface area contributed by atoms with Gasteiger partial charge in [0, 0.05) is 23.3 Å². The normalized spacial score (nSPS) is 17.9. The number of furan rings is 1. The van der Waals surface area contributed by atoms with Crippen molar-refractivity contribution >= 4 is 29.4 Å². The summed E-state index contributed by atoms with van der Waals surface area (Å²) >= 11 is 0. The first kappa shape index (κ1) is 19.0. The average Bonchev–Trinajstić information content (AvgIpc) is 3.10. The second-order valence-electron chi connectivity index (χ2n) is 6.41. The first-order valence-corrected chi connectivity index (χ1v) is 8.49. The van der Waals surface area contributed by atoms with E-state index in [4.69, 9.17) is 15.9 Å². The van der Waals surface area contributed by atoms with Crippen LogP contribution in [0.3, 0.4) is 0 Å². The number of nitrogens with one attached hydrogen (secondary N) is 3. The van der Waals surface area contributed by atoms with Crippen LogP contribution in [0.5, 0.6) is 0 Å². The van der Waals surface area contributed by atoms with Gasteiger partial charge in [-0.25, -0.2) is 4.79 Å². The van der Waals surface area contributed by atoms with Gasteiger partial charge in [-0.1, -0.05) is 6.07 Å². The van der Waals surface area contributed by atoms with Crippen molar-refractivity contribution in [3.05, 3.63) is 53.5 Å². The third-order valence-corrected chi connectivity index (χ3v) is 4.27. The highest BCUT2D eigenvalue weighted by molar-refractivity contribution is 5.97. The number of carbonyl (C=O) groups is 4. The van der Waals surface area contributed by atoms with E-state index in [1.54, 1.807) is 18.2 Å². The zero-order chi connectivity index (χ0) is 20.3. The number of hydrogen-bond donors (Lipinski definition) is 5. The molecule has 5 amide bonds. The average molecular weight is 385 g/mol. The standard InChI is InChI=1S/C18H19N5O5/c19-15(24)13-4-5-14(28-13)17(26)22-12-7-11(8-12)21-16(25)9-2-1-3-10(6-9)23-18(20)27/h1-6,11-12H,7-8H2,(H2,19,24)(H,21,25)(H,22,26)(H3,20,23,27). The molecule has 3 rings (SSSR count). The van der Waals surface area contributed by atoms with Gasteiger partial charge in [-0.3, -0.25) is 14.4 Å². The number of benzene rings is 1. The van der Waals surface area contributed by atoms with Crippen molar-refractivity contribution in [2.24, 2.45) is 11.5 Å². The quantitative estimate of drug-likeness (QED) is 0.488. The summed E-state index contributed by atoms with van der Waals surface area (Å²) < 4.78 is 5.07. The van der Waals surface area contributed by atoms with Gasteiger partial charge in [-0.05, 0) is 43.2 Å². The smallest absolute Gasteiger partial charge is 0.316 e. The maximum atomic E-state index is 12.3. The minimum Gasteiger partial charge on any atom is -0.446 e. The molecule has 146 valence electrons. The molecule has 0 bridgehead atoms. The van der Waals surface area contributed by atoms with Crippen molar-refractivity contribution in [2.45, 2.75) is 24.9 Å². The third kappa shape index (κ3) is 4.47. The van der Waals surface area contributed by atoms with E-state index >= 15 is 0 Å². The molecule has 7 N–H and O–H groups in total. The predicted octanol–water partition coefficient (Wildman–Crippen LogP) is 0.560. The number of primary amides is 2. The Hall–Kier alpha value is -3.82. The summed E-state index contributed by atoms with van der Waals surface area (Å²) in [7, 11) is 0. The van der Waals surface area contributed by atoms with Crippen LogP contribution in [0.2, 0.25) is 0 Å². The number of amides is 5.